The van der Waals surface area contributed by atoms with Crippen LogP contribution in [0.2, 0.25) is 0 Å². The minimum absolute atomic E-state index is 0.0951. The van der Waals surface area contributed by atoms with Gasteiger partial charge in [0.1, 0.15) is 6.04 Å². The highest BCUT2D eigenvalue weighted by molar-refractivity contribution is 6.05. The van der Waals surface area contributed by atoms with Gasteiger partial charge in [-0.25, -0.2) is 0 Å². The fraction of sp³-hybridized carbons (Fsp3) is 0.625. The molecule has 0 spiro atoms. The molecular formula is C24H31N3O4. The first-order valence-electron chi connectivity index (χ1n) is 11.7. The number of nitrogens with one attached hydrogen (secondary N) is 1. The Labute approximate surface area is 183 Å². The number of nitrogens with zero attached hydrogens (tertiary/aromatic N) is 2. The van der Waals surface area contributed by atoms with Gasteiger partial charge in [-0.2, -0.15) is 0 Å². The fourth-order valence-electron chi connectivity index (χ4n) is 5.59. The van der Waals surface area contributed by atoms with E-state index in [4.69, 9.17) is 4.74 Å². The molecule has 166 valence electrons. The van der Waals surface area contributed by atoms with Crippen molar-refractivity contribution in [3.63, 3.8) is 0 Å². The molecule has 5 rings (SSSR count). The quantitative estimate of drug-likeness (QED) is 0.747. The van der Waals surface area contributed by atoms with Gasteiger partial charge in [-0.05, 0) is 74.2 Å². The molecule has 7 nitrogen and oxygen atoms in total. The number of piperidine rings is 2. The maximum atomic E-state index is 12.9. The molecule has 1 aromatic carbocycles. The average Bonchev–Trinajstić information content (AvgIpc) is 3.10. The Balaban J connectivity index is 1.21. The standard InChI is InChI=1S/C24H31N3O4/c28-22-4-3-21(23(29)25-22)27-15-19-13-18(1-2-20(19)24(27)30)17-5-9-26(10-6-17)14-16-7-11-31-12-8-16/h1-2,13,16-17,21H,3-12,14-15H2,(H,25,28,29). The van der Waals surface area contributed by atoms with Crippen LogP contribution in [0.4, 0.5) is 0 Å². The molecule has 31 heavy (non-hydrogen) atoms. The lowest BCUT2D eigenvalue weighted by atomic mass is 9.87. The molecule has 4 aliphatic heterocycles. The molecule has 3 amide bonds. The highest BCUT2D eigenvalue weighted by Crippen LogP contribution is 2.34. The second kappa shape index (κ2) is 8.71. The van der Waals surface area contributed by atoms with Crippen LogP contribution in [0.15, 0.2) is 18.2 Å². The van der Waals surface area contributed by atoms with Crippen LogP contribution in [0.3, 0.4) is 0 Å². The summed E-state index contributed by atoms with van der Waals surface area (Å²) in [5, 5.41) is 2.37. The average molecular weight is 426 g/mol. The first-order chi connectivity index (χ1) is 15.1. The van der Waals surface area contributed by atoms with E-state index in [9.17, 15) is 14.4 Å². The van der Waals surface area contributed by atoms with Crippen LogP contribution in [0.1, 0.15) is 65.9 Å². The second-order valence-corrected chi connectivity index (χ2v) is 9.45. The molecule has 3 saturated heterocycles. The zero-order valence-electron chi connectivity index (χ0n) is 18.0. The number of likely N-dealkylation sites (tertiary alicyclic amines) is 1. The van der Waals surface area contributed by atoms with Gasteiger partial charge in [0.25, 0.3) is 5.91 Å². The molecule has 1 atom stereocenters. The van der Waals surface area contributed by atoms with Crippen molar-refractivity contribution in [2.75, 3.05) is 32.8 Å². The Morgan fingerprint density at radius 2 is 1.77 bits per heavy atom. The van der Waals surface area contributed by atoms with E-state index < -0.39 is 6.04 Å². The highest BCUT2D eigenvalue weighted by Gasteiger charge is 2.39. The van der Waals surface area contributed by atoms with Crippen LogP contribution >= 0.6 is 0 Å². The Morgan fingerprint density at radius 1 is 1.00 bits per heavy atom. The first kappa shape index (κ1) is 20.6. The van der Waals surface area contributed by atoms with Crippen LogP contribution in [-0.2, 0) is 20.9 Å². The topological polar surface area (TPSA) is 79.0 Å². The predicted molar refractivity (Wildman–Crippen MR) is 114 cm³/mol. The molecule has 0 bridgehead atoms. The third-order valence-corrected chi connectivity index (χ3v) is 7.46. The van der Waals surface area contributed by atoms with Crippen molar-refractivity contribution in [2.24, 2.45) is 5.92 Å². The summed E-state index contributed by atoms with van der Waals surface area (Å²) < 4.78 is 5.48. The number of fused-ring (bicyclic) bond motifs is 1. The number of amides is 3. The van der Waals surface area contributed by atoms with Gasteiger partial charge in [0.15, 0.2) is 0 Å². The summed E-state index contributed by atoms with van der Waals surface area (Å²) in [5.74, 6) is 0.596. The van der Waals surface area contributed by atoms with Gasteiger partial charge in [0.05, 0.1) is 0 Å². The smallest absolute Gasteiger partial charge is 0.255 e. The number of imide groups is 1. The Hall–Kier alpha value is -2.25. The van der Waals surface area contributed by atoms with Gasteiger partial charge in [-0.1, -0.05) is 12.1 Å². The Kier molecular flexibility index (Phi) is 5.80. The molecule has 7 heteroatoms. The molecule has 1 N–H and O–H groups in total. The summed E-state index contributed by atoms with van der Waals surface area (Å²) >= 11 is 0. The summed E-state index contributed by atoms with van der Waals surface area (Å²) in [4.78, 5) is 40.8. The summed E-state index contributed by atoms with van der Waals surface area (Å²) in [6, 6.07) is 5.67. The zero-order chi connectivity index (χ0) is 21.4. The molecule has 0 saturated carbocycles. The molecule has 0 aliphatic carbocycles. The van der Waals surface area contributed by atoms with Crippen LogP contribution < -0.4 is 5.32 Å². The van der Waals surface area contributed by atoms with Gasteiger partial charge in [-0.15, -0.1) is 0 Å². The molecule has 1 unspecified atom stereocenters. The molecule has 0 aromatic heterocycles. The Bertz CT molecular complexity index is 872. The minimum Gasteiger partial charge on any atom is -0.381 e. The summed E-state index contributed by atoms with van der Waals surface area (Å²) in [6.07, 6.45) is 5.35. The maximum absolute atomic E-state index is 12.9. The van der Waals surface area contributed by atoms with Crippen LogP contribution in [0, 0.1) is 5.92 Å². The van der Waals surface area contributed by atoms with E-state index in [1.54, 1.807) is 4.90 Å². The van der Waals surface area contributed by atoms with Crippen molar-refractivity contribution in [3.8, 4) is 0 Å². The van der Waals surface area contributed by atoms with Crippen LogP contribution in [0.25, 0.3) is 0 Å². The number of rotatable bonds is 4. The molecule has 0 radical (unpaired) electrons. The van der Waals surface area contributed by atoms with Gasteiger partial charge >= 0.3 is 0 Å². The van der Waals surface area contributed by atoms with Crippen molar-refractivity contribution in [3.05, 3.63) is 34.9 Å². The lowest BCUT2D eigenvalue weighted by molar-refractivity contribution is -0.136. The fourth-order valence-corrected chi connectivity index (χ4v) is 5.59. The number of carbonyl (C=O) groups is 3. The SMILES string of the molecule is O=C1CCC(N2Cc3cc(C4CCN(CC5CCOCC5)CC4)ccc3C2=O)C(=O)N1. The summed E-state index contributed by atoms with van der Waals surface area (Å²) in [7, 11) is 0. The van der Waals surface area contributed by atoms with Crippen LogP contribution in [-0.4, -0.2) is 66.4 Å². The van der Waals surface area contributed by atoms with Gasteiger partial charge < -0.3 is 14.5 Å². The molecular weight excluding hydrogens is 394 g/mol. The van der Waals surface area contributed by atoms with E-state index in [2.05, 4.69) is 22.3 Å². The Morgan fingerprint density at radius 3 is 2.52 bits per heavy atom. The predicted octanol–water partition coefficient (Wildman–Crippen LogP) is 2.05. The van der Waals surface area contributed by atoms with Gasteiger partial charge in [-0.3, -0.25) is 19.7 Å². The highest BCUT2D eigenvalue weighted by atomic mass is 16.5. The summed E-state index contributed by atoms with van der Waals surface area (Å²) in [5.41, 5.74) is 3.02. The normalized spacial score (nSPS) is 26.3. The van der Waals surface area contributed by atoms with E-state index in [1.807, 2.05) is 6.07 Å². The molecule has 1 aromatic rings. The largest absolute Gasteiger partial charge is 0.381 e. The van der Waals surface area contributed by atoms with Crippen molar-refractivity contribution in [1.82, 2.24) is 15.1 Å². The number of hydrogen-bond acceptors (Lipinski definition) is 5. The number of hydrogen-bond donors (Lipinski definition) is 1. The van der Waals surface area contributed by atoms with E-state index in [1.165, 1.54) is 24.9 Å². The summed E-state index contributed by atoms with van der Waals surface area (Å²) in [6.45, 7) is 5.71. The minimum atomic E-state index is -0.547. The van der Waals surface area contributed by atoms with E-state index in [0.29, 0.717) is 24.4 Å². The zero-order valence-corrected chi connectivity index (χ0v) is 18.0. The third-order valence-electron chi connectivity index (χ3n) is 7.46. The van der Waals surface area contributed by atoms with Crippen molar-refractivity contribution in [2.45, 2.75) is 57.0 Å². The van der Waals surface area contributed by atoms with Crippen molar-refractivity contribution < 1.29 is 19.1 Å². The number of carbonyl (C=O) groups excluding carboxylic acids is 3. The van der Waals surface area contributed by atoms with Crippen LogP contribution in [0.5, 0.6) is 0 Å². The monoisotopic (exact) mass is 425 g/mol. The van der Waals surface area contributed by atoms with Gasteiger partial charge in [0, 0.05) is 38.3 Å². The lowest BCUT2D eigenvalue weighted by Crippen LogP contribution is -2.52. The molecule has 4 heterocycles. The number of ether oxygens (including phenoxy) is 1. The first-order valence-corrected chi connectivity index (χ1v) is 11.7. The van der Waals surface area contributed by atoms with Crippen molar-refractivity contribution >= 4 is 17.7 Å². The second-order valence-electron chi connectivity index (χ2n) is 9.45. The molecule has 4 aliphatic rings. The lowest BCUT2D eigenvalue weighted by Gasteiger charge is -2.35. The third kappa shape index (κ3) is 4.26. The van der Waals surface area contributed by atoms with E-state index in [0.717, 1.165) is 50.6 Å². The maximum Gasteiger partial charge on any atom is 0.255 e. The number of benzene rings is 1. The van der Waals surface area contributed by atoms with Crippen molar-refractivity contribution in [1.29, 1.82) is 0 Å². The van der Waals surface area contributed by atoms with Gasteiger partial charge in [0.2, 0.25) is 11.8 Å². The van der Waals surface area contributed by atoms with E-state index >= 15 is 0 Å². The van der Waals surface area contributed by atoms with E-state index in [-0.39, 0.29) is 24.1 Å². The molecule has 3 fully saturated rings.